The number of aryl methyl sites for hydroxylation is 1. The molecule has 1 amide bonds. The molecular weight excluding hydrogens is 288 g/mol. The molecule has 1 N–H and O–H groups in total. The first-order chi connectivity index (χ1) is 10.6. The Morgan fingerprint density at radius 3 is 2.73 bits per heavy atom. The molecule has 0 saturated heterocycles. The molecule has 0 unspecified atom stereocenters. The van der Waals surface area contributed by atoms with Gasteiger partial charge in [-0.15, -0.1) is 0 Å². The number of hydrogen-bond acceptors (Lipinski definition) is 6. The average Bonchev–Trinajstić information content (AvgIpc) is 2.95. The van der Waals surface area contributed by atoms with Gasteiger partial charge < -0.3 is 19.3 Å². The van der Waals surface area contributed by atoms with Crippen molar-refractivity contribution in [2.45, 2.75) is 13.5 Å². The van der Waals surface area contributed by atoms with Crippen molar-refractivity contribution in [3.05, 3.63) is 47.9 Å². The maximum Gasteiger partial charge on any atom is 0.325 e. The van der Waals surface area contributed by atoms with Crippen LogP contribution in [-0.4, -0.2) is 30.2 Å². The van der Waals surface area contributed by atoms with Gasteiger partial charge in [-0.3, -0.25) is 9.59 Å². The third kappa shape index (κ3) is 5.28. The van der Waals surface area contributed by atoms with Crippen LogP contribution in [0, 0.1) is 6.92 Å². The summed E-state index contributed by atoms with van der Waals surface area (Å²) in [5.41, 5.74) is 0.518. The third-order valence-corrected chi connectivity index (χ3v) is 2.60. The van der Waals surface area contributed by atoms with Gasteiger partial charge in [0.2, 0.25) is 0 Å². The molecule has 1 aromatic carbocycles. The molecule has 2 rings (SSSR count). The fourth-order valence-corrected chi connectivity index (χ4v) is 1.58. The molecule has 1 aromatic heterocycles. The number of carbonyl (C=O) groups is 2. The van der Waals surface area contributed by atoms with Crippen molar-refractivity contribution in [2.75, 3.05) is 13.2 Å². The second-order valence-corrected chi connectivity index (χ2v) is 4.47. The number of esters is 1. The smallest absolute Gasteiger partial charge is 0.325 e. The second-order valence-electron chi connectivity index (χ2n) is 4.47. The van der Waals surface area contributed by atoms with Crippen LogP contribution in [0.25, 0.3) is 0 Å². The Hall–Kier alpha value is -2.83. The number of hydrogen-bond donors (Lipinski definition) is 1. The molecule has 0 aliphatic rings. The van der Waals surface area contributed by atoms with E-state index < -0.39 is 11.9 Å². The summed E-state index contributed by atoms with van der Waals surface area (Å²) in [5, 5.41) is 6.10. The summed E-state index contributed by atoms with van der Waals surface area (Å²) >= 11 is 0. The zero-order valence-electron chi connectivity index (χ0n) is 12.1. The first-order valence-corrected chi connectivity index (χ1v) is 6.66. The monoisotopic (exact) mass is 304 g/mol. The molecule has 0 aliphatic heterocycles. The molecule has 0 fully saturated rings. The highest BCUT2D eigenvalue weighted by atomic mass is 16.5. The van der Waals surface area contributed by atoms with Crippen molar-refractivity contribution in [1.82, 2.24) is 10.5 Å². The zero-order valence-corrected chi connectivity index (χ0v) is 12.1. The number of para-hydroxylation sites is 1. The minimum absolute atomic E-state index is 0.00651. The van der Waals surface area contributed by atoms with Crippen LogP contribution in [0.4, 0.5) is 0 Å². The van der Waals surface area contributed by atoms with Crippen molar-refractivity contribution in [3.8, 4) is 5.75 Å². The predicted molar refractivity (Wildman–Crippen MR) is 76.0 cm³/mol. The molecule has 0 bridgehead atoms. The zero-order chi connectivity index (χ0) is 15.8. The summed E-state index contributed by atoms with van der Waals surface area (Å²) in [6.45, 7) is 1.35. The van der Waals surface area contributed by atoms with Gasteiger partial charge in [-0.25, -0.2) is 0 Å². The van der Waals surface area contributed by atoms with Crippen LogP contribution in [0.2, 0.25) is 0 Å². The lowest BCUT2D eigenvalue weighted by Crippen LogP contribution is -2.34. The molecule has 0 atom stereocenters. The van der Waals surface area contributed by atoms with E-state index in [-0.39, 0.29) is 19.8 Å². The fraction of sp³-hybridized carbons (Fsp3) is 0.267. The van der Waals surface area contributed by atoms with Crippen LogP contribution in [-0.2, 0) is 20.9 Å². The summed E-state index contributed by atoms with van der Waals surface area (Å²) in [4.78, 5) is 23.0. The predicted octanol–water partition coefficient (Wildman–Crippen LogP) is 1.22. The van der Waals surface area contributed by atoms with Gasteiger partial charge >= 0.3 is 5.97 Å². The summed E-state index contributed by atoms with van der Waals surface area (Å²) in [5.74, 6) is 0.255. The highest BCUT2D eigenvalue weighted by Crippen LogP contribution is 2.07. The van der Waals surface area contributed by atoms with Gasteiger partial charge in [0.05, 0.1) is 0 Å². The number of benzene rings is 1. The Labute approximate surface area is 127 Å². The number of nitrogens with one attached hydrogen (secondary N) is 1. The van der Waals surface area contributed by atoms with Crippen LogP contribution in [0.5, 0.6) is 5.75 Å². The summed E-state index contributed by atoms with van der Waals surface area (Å²) in [6, 6.07) is 10.6. The maximum atomic E-state index is 11.5. The Balaban J connectivity index is 1.62. The van der Waals surface area contributed by atoms with E-state index in [1.165, 1.54) is 0 Å². The number of rotatable bonds is 7. The van der Waals surface area contributed by atoms with Crippen molar-refractivity contribution in [3.63, 3.8) is 0 Å². The number of amides is 1. The largest absolute Gasteiger partial charge is 0.484 e. The van der Waals surface area contributed by atoms with Crippen molar-refractivity contribution in [1.29, 1.82) is 0 Å². The first-order valence-electron chi connectivity index (χ1n) is 6.66. The Bertz CT molecular complexity index is 624. The third-order valence-electron chi connectivity index (χ3n) is 2.60. The molecule has 7 nitrogen and oxygen atoms in total. The van der Waals surface area contributed by atoms with Crippen LogP contribution in [0.1, 0.15) is 11.5 Å². The quantitative estimate of drug-likeness (QED) is 0.773. The Kier molecular flexibility index (Phi) is 5.53. The molecule has 0 spiro atoms. The van der Waals surface area contributed by atoms with Crippen LogP contribution >= 0.6 is 0 Å². The van der Waals surface area contributed by atoms with Gasteiger partial charge in [-0.1, -0.05) is 23.4 Å². The topological polar surface area (TPSA) is 90.7 Å². The number of carbonyl (C=O) groups excluding carboxylic acids is 2. The van der Waals surface area contributed by atoms with Crippen molar-refractivity contribution < 1.29 is 23.6 Å². The van der Waals surface area contributed by atoms with E-state index in [4.69, 9.17) is 14.0 Å². The van der Waals surface area contributed by atoms with Gasteiger partial charge in [0.25, 0.3) is 5.91 Å². The van der Waals surface area contributed by atoms with Crippen molar-refractivity contribution in [2.24, 2.45) is 0 Å². The lowest BCUT2D eigenvalue weighted by Gasteiger charge is -2.07. The van der Waals surface area contributed by atoms with E-state index >= 15 is 0 Å². The molecule has 0 aliphatic carbocycles. The van der Waals surface area contributed by atoms with Gasteiger partial charge in [0.15, 0.2) is 6.61 Å². The molecule has 0 saturated carbocycles. The molecular formula is C15H16N2O5. The number of aromatic nitrogens is 1. The molecule has 116 valence electrons. The van der Waals surface area contributed by atoms with Crippen LogP contribution in [0.15, 0.2) is 40.9 Å². The van der Waals surface area contributed by atoms with E-state index in [0.29, 0.717) is 17.2 Å². The Morgan fingerprint density at radius 2 is 2.05 bits per heavy atom. The normalized spacial score (nSPS) is 10.0. The van der Waals surface area contributed by atoms with Gasteiger partial charge in [-0.05, 0) is 19.1 Å². The minimum Gasteiger partial charge on any atom is -0.484 e. The number of nitrogens with zero attached hydrogens (tertiary/aromatic N) is 1. The minimum atomic E-state index is -0.561. The summed E-state index contributed by atoms with van der Waals surface area (Å²) in [6.07, 6.45) is 0. The van der Waals surface area contributed by atoms with Crippen LogP contribution in [0.3, 0.4) is 0 Å². The maximum absolute atomic E-state index is 11.5. The molecule has 2 aromatic rings. The highest BCUT2D eigenvalue weighted by Gasteiger charge is 2.09. The second kappa shape index (κ2) is 7.82. The molecule has 7 heteroatoms. The van der Waals surface area contributed by atoms with Crippen LogP contribution < -0.4 is 10.1 Å². The van der Waals surface area contributed by atoms with Gasteiger partial charge in [-0.2, -0.15) is 0 Å². The molecule has 22 heavy (non-hydrogen) atoms. The average molecular weight is 304 g/mol. The molecule has 1 heterocycles. The lowest BCUT2D eigenvalue weighted by molar-refractivity contribution is -0.145. The van der Waals surface area contributed by atoms with E-state index in [2.05, 4.69) is 10.5 Å². The standard InChI is InChI=1S/C15H16N2O5/c1-11-7-12(17-22-11)9-21-15(19)8-16-14(18)10-20-13-5-3-2-4-6-13/h2-7H,8-10H2,1H3,(H,16,18). The fourth-order valence-electron chi connectivity index (χ4n) is 1.58. The van der Waals surface area contributed by atoms with E-state index in [9.17, 15) is 9.59 Å². The molecule has 0 radical (unpaired) electrons. The van der Waals surface area contributed by atoms with E-state index in [1.807, 2.05) is 6.07 Å². The number of ether oxygens (including phenoxy) is 2. The van der Waals surface area contributed by atoms with E-state index in [1.54, 1.807) is 37.3 Å². The van der Waals surface area contributed by atoms with Gasteiger partial charge in [0.1, 0.15) is 30.4 Å². The van der Waals surface area contributed by atoms with Gasteiger partial charge in [0, 0.05) is 6.07 Å². The lowest BCUT2D eigenvalue weighted by atomic mass is 10.3. The summed E-state index contributed by atoms with van der Waals surface area (Å²) < 4.78 is 15.0. The van der Waals surface area contributed by atoms with Crippen molar-refractivity contribution >= 4 is 11.9 Å². The summed E-state index contributed by atoms with van der Waals surface area (Å²) in [7, 11) is 0. The van der Waals surface area contributed by atoms with E-state index in [0.717, 1.165) is 0 Å². The Morgan fingerprint density at radius 1 is 1.27 bits per heavy atom. The SMILES string of the molecule is Cc1cc(COC(=O)CNC(=O)COc2ccccc2)no1. The highest BCUT2D eigenvalue weighted by molar-refractivity contribution is 5.82. The first kappa shape index (κ1) is 15.6.